The minimum atomic E-state index is -2.76. The van der Waals surface area contributed by atoms with E-state index >= 15 is 0 Å². The van der Waals surface area contributed by atoms with Crippen LogP contribution in [0.3, 0.4) is 0 Å². The Kier molecular flexibility index (Phi) is 5.88. The summed E-state index contributed by atoms with van der Waals surface area (Å²) in [4.78, 5) is 48.0. The predicted molar refractivity (Wildman–Crippen MR) is 140 cm³/mol. The Morgan fingerprint density at radius 2 is 1.92 bits per heavy atom. The topological polar surface area (TPSA) is 151 Å². The van der Waals surface area contributed by atoms with Gasteiger partial charge in [-0.1, -0.05) is 13.0 Å². The van der Waals surface area contributed by atoms with E-state index in [1.807, 2.05) is 12.2 Å². The number of amides is 3. The summed E-state index contributed by atoms with van der Waals surface area (Å²) >= 11 is 0. The van der Waals surface area contributed by atoms with Crippen LogP contribution < -0.4 is 25.6 Å². The van der Waals surface area contributed by atoms with Crippen molar-refractivity contribution in [3.63, 3.8) is 0 Å². The number of aromatic nitrogens is 4. The van der Waals surface area contributed by atoms with Gasteiger partial charge in [-0.25, -0.2) is 9.97 Å². The van der Waals surface area contributed by atoms with Crippen molar-refractivity contribution in [3.05, 3.63) is 42.4 Å². The van der Waals surface area contributed by atoms with Crippen LogP contribution in [-0.2, 0) is 9.59 Å². The average Bonchev–Trinajstić information content (AvgIpc) is 3.73. The number of carbonyl (C=O) groups is 3. The maximum absolute atomic E-state index is 12.8. The van der Waals surface area contributed by atoms with Gasteiger partial charge >= 0.3 is 0 Å². The molecule has 1 saturated heterocycles. The largest absolute Gasteiger partial charge is 0.494 e. The molecule has 0 spiro atoms. The highest BCUT2D eigenvalue weighted by Crippen LogP contribution is 2.38. The SMILES string of the molecule is [2H]C([2H])([2H])NC(=O)c1nnc(NC(=O)C2CC2)cc1Nc1cccc(-c2ncc(N3CC[C@@H](C)C3=O)cn2)c1OC. The van der Waals surface area contributed by atoms with Gasteiger partial charge in [0.2, 0.25) is 11.8 Å². The van der Waals surface area contributed by atoms with Crippen molar-refractivity contribution in [1.82, 2.24) is 25.5 Å². The number of rotatable bonds is 8. The van der Waals surface area contributed by atoms with Gasteiger partial charge in [0.25, 0.3) is 5.91 Å². The molecule has 2 aliphatic rings. The Hall–Kier alpha value is -4.61. The van der Waals surface area contributed by atoms with Gasteiger partial charge in [-0.15, -0.1) is 10.2 Å². The number of benzene rings is 1. The lowest BCUT2D eigenvalue weighted by atomic mass is 10.1. The van der Waals surface area contributed by atoms with Crippen molar-refractivity contribution in [3.8, 4) is 17.1 Å². The minimum Gasteiger partial charge on any atom is -0.494 e. The third-order valence-corrected chi connectivity index (χ3v) is 6.47. The molecule has 3 N–H and O–H groups in total. The number of anilines is 4. The molecule has 3 heterocycles. The Labute approximate surface area is 223 Å². The molecular formula is C26H28N8O4. The average molecular weight is 520 g/mol. The molecule has 1 atom stereocenters. The zero-order valence-electron chi connectivity index (χ0n) is 23.8. The molecule has 2 fully saturated rings. The summed E-state index contributed by atoms with van der Waals surface area (Å²) in [5, 5.41) is 15.4. The predicted octanol–water partition coefficient (Wildman–Crippen LogP) is 2.77. The van der Waals surface area contributed by atoms with E-state index < -0.39 is 12.9 Å². The summed E-state index contributed by atoms with van der Waals surface area (Å²) in [6.45, 7) is -0.263. The maximum atomic E-state index is 12.8. The van der Waals surface area contributed by atoms with Crippen LogP contribution in [0.1, 0.15) is 40.8 Å². The quantitative estimate of drug-likeness (QED) is 0.408. The van der Waals surface area contributed by atoms with Crippen LogP contribution in [0.15, 0.2) is 36.7 Å². The number of methoxy groups -OCH3 is 1. The second kappa shape index (κ2) is 10.4. The highest BCUT2D eigenvalue weighted by molar-refractivity contribution is 6.00. The smallest absolute Gasteiger partial charge is 0.273 e. The molecule has 1 aliphatic heterocycles. The fourth-order valence-corrected chi connectivity index (χ4v) is 4.20. The van der Waals surface area contributed by atoms with E-state index in [4.69, 9.17) is 8.85 Å². The van der Waals surface area contributed by atoms with E-state index in [2.05, 4.69) is 30.8 Å². The molecule has 1 saturated carbocycles. The normalized spacial score (nSPS) is 18.3. The van der Waals surface area contributed by atoms with E-state index in [9.17, 15) is 14.4 Å². The van der Waals surface area contributed by atoms with Gasteiger partial charge in [0, 0.05) is 35.5 Å². The zero-order valence-corrected chi connectivity index (χ0v) is 20.8. The molecule has 0 bridgehead atoms. The maximum Gasteiger partial charge on any atom is 0.273 e. The molecule has 2 aromatic heterocycles. The lowest BCUT2D eigenvalue weighted by Crippen LogP contribution is -2.26. The molecule has 38 heavy (non-hydrogen) atoms. The molecule has 1 aliphatic carbocycles. The van der Waals surface area contributed by atoms with Crippen molar-refractivity contribution in [1.29, 1.82) is 0 Å². The molecule has 196 valence electrons. The van der Waals surface area contributed by atoms with Gasteiger partial charge in [0.05, 0.1) is 42.1 Å². The Morgan fingerprint density at radius 3 is 2.58 bits per heavy atom. The summed E-state index contributed by atoms with van der Waals surface area (Å²) in [5.41, 5.74) is 1.29. The Bertz CT molecular complexity index is 1500. The number of nitrogens with one attached hydrogen (secondary N) is 3. The molecule has 12 nitrogen and oxygen atoms in total. The third kappa shape index (κ3) is 4.97. The molecular weight excluding hydrogens is 488 g/mol. The van der Waals surface area contributed by atoms with Gasteiger partial charge in [-0.05, 0) is 31.4 Å². The van der Waals surface area contributed by atoms with E-state index in [0.717, 1.165) is 19.3 Å². The molecule has 1 aromatic carbocycles. The van der Waals surface area contributed by atoms with Crippen LogP contribution in [0.2, 0.25) is 0 Å². The highest BCUT2D eigenvalue weighted by atomic mass is 16.5. The molecule has 5 rings (SSSR count). The molecule has 3 aromatic rings. The standard InChI is InChI=1S/C26H28N8O4/c1-14-9-10-34(26(14)37)16-12-28-23(29-13-16)17-5-4-6-18(22(17)38-3)30-19-11-20(31-24(35)15-7-8-15)32-33-21(19)25(36)27-2/h4-6,11-15H,7-10H2,1-3H3,(H,27,36)(H2,30,31,32,35)/t14-/m1/s1/i2D3. The van der Waals surface area contributed by atoms with Gasteiger partial charge in [0.1, 0.15) is 0 Å². The van der Waals surface area contributed by atoms with Gasteiger partial charge < -0.3 is 25.6 Å². The second-order valence-corrected chi connectivity index (χ2v) is 9.17. The summed E-state index contributed by atoms with van der Waals surface area (Å²) in [6.07, 6.45) is 5.49. The van der Waals surface area contributed by atoms with E-state index in [1.54, 1.807) is 35.5 Å². The molecule has 12 heteroatoms. The van der Waals surface area contributed by atoms with Crippen LogP contribution in [0, 0.1) is 11.8 Å². The summed E-state index contributed by atoms with van der Waals surface area (Å²) in [6, 6.07) is 6.54. The number of hydrogen-bond acceptors (Lipinski definition) is 9. The van der Waals surface area contributed by atoms with Crippen LogP contribution in [0.5, 0.6) is 5.75 Å². The number of hydrogen-bond donors (Lipinski definition) is 3. The van der Waals surface area contributed by atoms with Crippen LogP contribution in [0.25, 0.3) is 11.4 Å². The first-order chi connectivity index (χ1) is 19.5. The Morgan fingerprint density at radius 1 is 1.13 bits per heavy atom. The number of carbonyl (C=O) groups excluding carboxylic acids is 3. The second-order valence-electron chi connectivity index (χ2n) is 9.17. The molecule has 0 radical (unpaired) electrons. The third-order valence-electron chi connectivity index (χ3n) is 6.47. The first-order valence-electron chi connectivity index (χ1n) is 13.6. The van der Waals surface area contributed by atoms with Gasteiger partial charge in [0.15, 0.2) is 23.1 Å². The van der Waals surface area contributed by atoms with Gasteiger partial charge in [-0.3, -0.25) is 14.4 Å². The molecule has 0 unspecified atom stereocenters. The number of ether oxygens (including phenoxy) is 1. The first-order valence-corrected chi connectivity index (χ1v) is 12.1. The summed E-state index contributed by atoms with van der Waals surface area (Å²) < 4.78 is 27.8. The van der Waals surface area contributed by atoms with E-state index in [0.29, 0.717) is 35.1 Å². The monoisotopic (exact) mass is 519 g/mol. The van der Waals surface area contributed by atoms with Crippen LogP contribution in [0.4, 0.5) is 22.9 Å². The Balaban J connectivity index is 1.47. The van der Waals surface area contributed by atoms with Crippen molar-refractivity contribution in [2.24, 2.45) is 11.8 Å². The van der Waals surface area contributed by atoms with Crippen molar-refractivity contribution in [2.75, 3.05) is 36.2 Å². The number of para-hydroxylation sites is 1. The van der Waals surface area contributed by atoms with Crippen molar-refractivity contribution in [2.45, 2.75) is 26.2 Å². The fraction of sp³-hybridized carbons (Fsp3) is 0.346. The van der Waals surface area contributed by atoms with Crippen LogP contribution >= 0.6 is 0 Å². The minimum absolute atomic E-state index is 0.0297. The van der Waals surface area contributed by atoms with Crippen LogP contribution in [-0.4, -0.2) is 58.5 Å². The fourth-order valence-electron chi connectivity index (χ4n) is 4.20. The summed E-state index contributed by atoms with van der Waals surface area (Å²) in [5.74, 6) is -0.559. The first kappa shape index (κ1) is 21.5. The van der Waals surface area contributed by atoms with E-state index in [-0.39, 0.29) is 40.8 Å². The van der Waals surface area contributed by atoms with Gasteiger partial charge in [-0.2, -0.15) is 0 Å². The number of nitrogens with zero attached hydrogens (tertiary/aromatic N) is 5. The van der Waals surface area contributed by atoms with E-state index in [1.165, 1.54) is 13.2 Å². The van der Waals surface area contributed by atoms with Crippen molar-refractivity contribution >= 4 is 40.6 Å². The summed E-state index contributed by atoms with van der Waals surface area (Å²) in [7, 11) is 1.46. The zero-order chi connectivity index (χ0) is 29.3. The highest BCUT2D eigenvalue weighted by Gasteiger charge is 2.31. The lowest BCUT2D eigenvalue weighted by molar-refractivity contribution is -0.120. The van der Waals surface area contributed by atoms with Crippen molar-refractivity contribution < 1.29 is 23.2 Å². The lowest BCUT2D eigenvalue weighted by Gasteiger charge is -2.17. The molecule has 3 amide bonds.